The number of hydrogen-bond donors (Lipinski definition) is 0. The van der Waals surface area contributed by atoms with Crippen molar-refractivity contribution in [1.29, 1.82) is 0 Å². The summed E-state index contributed by atoms with van der Waals surface area (Å²) >= 11 is 0. The zero-order valence-electron chi connectivity index (χ0n) is 17.1. The molecule has 8 heteroatoms. The maximum Gasteiger partial charge on any atom is 0.563 e. The average Bonchev–Trinajstić information content (AvgIpc) is 2.97. The van der Waals surface area contributed by atoms with E-state index in [1.54, 1.807) is 51.1 Å². The maximum absolute atomic E-state index is 13.3. The monoisotopic (exact) mass is 417 g/mol. The van der Waals surface area contributed by atoms with E-state index in [0.29, 0.717) is 28.9 Å². The fraction of sp³-hybridized carbons (Fsp3) is 0.318. The van der Waals surface area contributed by atoms with Gasteiger partial charge >= 0.3 is 13.3 Å². The van der Waals surface area contributed by atoms with Crippen molar-refractivity contribution in [2.24, 2.45) is 0 Å². The van der Waals surface area contributed by atoms with E-state index >= 15 is 0 Å². The number of nitrogens with zero attached hydrogens (tertiary/aromatic N) is 1. The zero-order chi connectivity index (χ0) is 22.1. The highest BCUT2D eigenvalue weighted by Crippen LogP contribution is 2.32. The van der Waals surface area contributed by atoms with Crippen LogP contribution in [0, 0.1) is 0 Å². The molecule has 1 saturated heterocycles. The van der Waals surface area contributed by atoms with E-state index in [4.69, 9.17) is 9.31 Å². The quantitative estimate of drug-likeness (QED) is 0.677. The van der Waals surface area contributed by atoms with E-state index in [9.17, 15) is 18.0 Å². The summed E-state index contributed by atoms with van der Waals surface area (Å²) < 4.78 is 51.6. The van der Waals surface area contributed by atoms with Crippen LogP contribution >= 0.6 is 0 Å². The first-order valence-corrected chi connectivity index (χ1v) is 9.61. The van der Waals surface area contributed by atoms with Crippen LogP contribution in [0.25, 0.3) is 0 Å². The Hall–Kier alpha value is -2.74. The third kappa shape index (κ3) is 4.54. The Morgan fingerprint density at radius 3 is 2.37 bits per heavy atom. The van der Waals surface area contributed by atoms with Crippen LogP contribution in [0.15, 0.2) is 60.9 Å². The van der Waals surface area contributed by atoms with Gasteiger partial charge < -0.3 is 14.2 Å². The van der Waals surface area contributed by atoms with Gasteiger partial charge in [0.15, 0.2) is 0 Å². The molecule has 158 valence electrons. The lowest BCUT2D eigenvalue weighted by atomic mass is 9.75. The number of halogens is 3. The van der Waals surface area contributed by atoms with Gasteiger partial charge in [0.25, 0.3) is 5.91 Å². The molecule has 30 heavy (non-hydrogen) atoms. The number of rotatable bonds is 5. The number of carbonyl (C=O) groups is 1. The van der Waals surface area contributed by atoms with Gasteiger partial charge in [-0.05, 0) is 44.5 Å². The van der Waals surface area contributed by atoms with Crippen LogP contribution in [-0.2, 0) is 22.0 Å². The molecule has 0 N–H and O–H groups in total. The first-order chi connectivity index (χ1) is 14.0. The smallest absolute Gasteiger partial charge is 0.534 e. The summed E-state index contributed by atoms with van der Waals surface area (Å²) in [6.07, 6.45) is -4.51. The Balaban J connectivity index is 1.98. The normalized spacial score (nSPS) is 15.8. The van der Waals surface area contributed by atoms with Crippen molar-refractivity contribution >= 4 is 18.5 Å². The van der Waals surface area contributed by atoms with Gasteiger partial charge in [-0.25, -0.2) is 0 Å². The number of alkyl halides is 3. The Bertz CT molecular complexity index is 944. The molecule has 0 saturated carbocycles. The summed E-state index contributed by atoms with van der Waals surface area (Å²) in [5, 5.41) is 0. The van der Waals surface area contributed by atoms with E-state index in [2.05, 4.69) is 6.58 Å². The molecule has 1 fully saturated rings. The van der Waals surface area contributed by atoms with Crippen molar-refractivity contribution in [2.45, 2.75) is 39.1 Å². The van der Waals surface area contributed by atoms with Crippen molar-refractivity contribution in [3.05, 3.63) is 77.6 Å². The van der Waals surface area contributed by atoms with E-state index < -0.39 is 24.5 Å². The first kappa shape index (κ1) is 22.0. The highest BCUT2D eigenvalue weighted by molar-refractivity contribution is 6.62. The van der Waals surface area contributed by atoms with Gasteiger partial charge in [-0.2, -0.15) is 13.2 Å². The van der Waals surface area contributed by atoms with E-state index in [-0.39, 0.29) is 12.5 Å². The fourth-order valence-electron chi connectivity index (χ4n) is 3.20. The summed E-state index contributed by atoms with van der Waals surface area (Å²) in [7, 11) is -0.893. The summed E-state index contributed by atoms with van der Waals surface area (Å²) in [6.45, 7) is 9.46. The van der Waals surface area contributed by atoms with Crippen molar-refractivity contribution < 1.29 is 27.3 Å². The maximum atomic E-state index is 13.3. The molecular weight excluding hydrogens is 394 g/mol. The van der Waals surface area contributed by atoms with Crippen molar-refractivity contribution in [3.63, 3.8) is 0 Å². The summed E-state index contributed by atoms with van der Waals surface area (Å²) in [5.41, 5.74) is -0.341. The second kappa shape index (κ2) is 8.18. The number of hydrogen-bond acceptors (Lipinski definition) is 3. The molecule has 1 amide bonds. The van der Waals surface area contributed by atoms with Crippen LogP contribution < -0.4 is 5.46 Å². The minimum atomic E-state index is -4.51. The molecule has 2 aromatic carbocycles. The topological polar surface area (TPSA) is 38.8 Å². The van der Waals surface area contributed by atoms with Crippen LogP contribution in [0.4, 0.5) is 13.2 Å². The Morgan fingerprint density at radius 2 is 1.83 bits per heavy atom. The number of benzene rings is 2. The largest absolute Gasteiger partial charge is 0.563 e. The van der Waals surface area contributed by atoms with Crippen LogP contribution in [0.1, 0.15) is 42.3 Å². The second-order valence-corrected chi connectivity index (χ2v) is 7.60. The van der Waals surface area contributed by atoms with Crippen molar-refractivity contribution in [3.8, 4) is 0 Å². The van der Waals surface area contributed by atoms with Gasteiger partial charge in [0.05, 0.1) is 11.3 Å². The second-order valence-electron chi connectivity index (χ2n) is 7.60. The van der Waals surface area contributed by atoms with Crippen LogP contribution in [0.5, 0.6) is 0 Å². The lowest BCUT2D eigenvalue weighted by Crippen LogP contribution is -2.40. The molecule has 2 aromatic rings. The lowest BCUT2D eigenvalue weighted by Gasteiger charge is -2.24. The van der Waals surface area contributed by atoms with Gasteiger partial charge in [0, 0.05) is 24.1 Å². The molecule has 0 radical (unpaired) electrons. The standard InChI is InChI=1S/C22H23BF3NO3/c1-5-27(20(28)16-9-7-6-8-10-16)14-17-13-18(22(24,25)26)11-12-19(17)23-29-15(2)21(3,4)30-23/h6-13H,2,5,14H2,1,3-4H3. The minimum absolute atomic E-state index is 0.0143. The van der Waals surface area contributed by atoms with Crippen LogP contribution in [0.3, 0.4) is 0 Å². The van der Waals surface area contributed by atoms with Crippen LogP contribution in [0.2, 0.25) is 0 Å². The lowest BCUT2D eigenvalue weighted by molar-refractivity contribution is -0.137. The van der Waals surface area contributed by atoms with E-state index in [1.807, 2.05) is 0 Å². The van der Waals surface area contributed by atoms with Crippen molar-refractivity contribution in [2.75, 3.05) is 6.54 Å². The number of carbonyl (C=O) groups excluding carboxylic acids is 1. The highest BCUT2D eigenvalue weighted by Gasteiger charge is 2.44. The molecule has 0 aromatic heterocycles. The van der Waals surface area contributed by atoms with E-state index in [1.165, 1.54) is 11.0 Å². The zero-order valence-corrected chi connectivity index (χ0v) is 17.1. The molecule has 0 aliphatic carbocycles. The summed E-state index contributed by atoms with van der Waals surface area (Å²) in [6, 6.07) is 12.0. The Morgan fingerprint density at radius 1 is 1.17 bits per heavy atom. The van der Waals surface area contributed by atoms with Gasteiger partial charge in [-0.1, -0.05) is 36.9 Å². The van der Waals surface area contributed by atoms with E-state index in [0.717, 1.165) is 12.1 Å². The molecule has 0 spiro atoms. The molecule has 1 heterocycles. The molecule has 4 nitrogen and oxygen atoms in total. The molecule has 1 aliphatic heterocycles. The third-order valence-corrected chi connectivity index (χ3v) is 5.10. The third-order valence-electron chi connectivity index (χ3n) is 5.10. The summed E-state index contributed by atoms with van der Waals surface area (Å²) in [5.74, 6) is 0.130. The van der Waals surface area contributed by atoms with Gasteiger partial charge in [-0.3, -0.25) is 4.79 Å². The highest BCUT2D eigenvalue weighted by atomic mass is 19.4. The summed E-state index contributed by atoms with van der Waals surface area (Å²) in [4.78, 5) is 14.4. The Labute approximate surface area is 174 Å². The SMILES string of the molecule is C=C1OB(c2ccc(C(F)(F)F)cc2CN(CC)C(=O)c2ccccc2)OC1(C)C. The fourth-order valence-corrected chi connectivity index (χ4v) is 3.20. The molecular formula is C22H23BF3NO3. The minimum Gasteiger partial charge on any atom is -0.534 e. The van der Waals surface area contributed by atoms with Gasteiger partial charge in [-0.15, -0.1) is 0 Å². The molecule has 0 unspecified atom stereocenters. The average molecular weight is 417 g/mol. The van der Waals surface area contributed by atoms with Gasteiger partial charge in [0.2, 0.25) is 0 Å². The first-order valence-electron chi connectivity index (χ1n) is 9.61. The molecule has 1 aliphatic rings. The van der Waals surface area contributed by atoms with Gasteiger partial charge in [0.1, 0.15) is 5.60 Å². The number of amides is 1. The van der Waals surface area contributed by atoms with Crippen molar-refractivity contribution in [1.82, 2.24) is 4.90 Å². The predicted octanol–water partition coefficient (Wildman–Crippen LogP) is 4.40. The molecule has 3 rings (SSSR count). The van der Waals surface area contributed by atoms with Crippen LogP contribution in [-0.4, -0.2) is 30.1 Å². The predicted molar refractivity (Wildman–Crippen MR) is 109 cm³/mol. The Kier molecular flexibility index (Phi) is 5.99. The molecule has 0 bridgehead atoms. The molecule has 0 atom stereocenters.